The lowest BCUT2D eigenvalue weighted by molar-refractivity contribution is 0.0218. The number of hydrogen-bond acceptors (Lipinski definition) is 8. The van der Waals surface area contributed by atoms with Gasteiger partial charge in [0.05, 0.1) is 5.39 Å². The van der Waals surface area contributed by atoms with Crippen molar-refractivity contribution in [1.29, 1.82) is 0 Å². The van der Waals surface area contributed by atoms with Crippen LogP contribution < -0.4 is 9.64 Å². The maximum atomic E-state index is 14.3. The van der Waals surface area contributed by atoms with E-state index >= 15 is 0 Å². The summed E-state index contributed by atoms with van der Waals surface area (Å²) in [5.41, 5.74) is -0.296. The Kier molecular flexibility index (Phi) is 7.00. The fourth-order valence-corrected chi connectivity index (χ4v) is 4.52. The number of fused-ring (bicyclic) bond motifs is 1. The average molecular weight is 495 g/mol. The first-order valence-electron chi connectivity index (χ1n) is 11.6. The number of hydrogen-bond donors (Lipinski definition) is 0. The molecule has 0 spiro atoms. The first kappa shape index (κ1) is 24.7. The molecule has 0 bridgehead atoms. The van der Waals surface area contributed by atoms with E-state index in [9.17, 15) is 9.18 Å². The predicted octanol–water partition coefficient (Wildman–Crippen LogP) is 3.74. The number of likely N-dealkylation sites (tertiary alicyclic amines) is 1. The first-order chi connectivity index (χ1) is 16.0. The molecule has 0 saturated carbocycles. The van der Waals surface area contributed by atoms with E-state index in [0.29, 0.717) is 43.5 Å². The largest absolute Gasteiger partial charge is 0.462 e. The van der Waals surface area contributed by atoms with Crippen molar-refractivity contribution in [1.82, 2.24) is 24.8 Å². The highest BCUT2D eigenvalue weighted by molar-refractivity contribution is 6.30. The third kappa shape index (κ3) is 5.43. The van der Waals surface area contributed by atoms with Crippen molar-refractivity contribution in [2.45, 2.75) is 58.2 Å². The minimum atomic E-state index is -0.639. The monoisotopic (exact) mass is 494 g/mol. The number of piperazine rings is 1. The molecule has 0 N–H and O–H groups in total. The van der Waals surface area contributed by atoms with Crippen molar-refractivity contribution >= 4 is 34.5 Å². The number of rotatable bonds is 4. The van der Waals surface area contributed by atoms with Gasteiger partial charge in [0.2, 0.25) is 0 Å². The fraction of sp³-hybridized carbons (Fsp3) is 0.652. The molecule has 2 aromatic heterocycles. The van der Waals surface area contributed by atoms with Gasteiger partial charge in [0, 0.05) is 31.7 Å². The molecule has 2 saturated heterocycles. The number of halogens is 2. The zero-order chi connectivity index (χ0) is 24.6. The summed E-state index contributed by atoms with van der Waals surface area (Å²) >= 11 is 5.95. The average Bonchev–Trinajstić information content (AvgIpc) is 3.16. The second-order valence-corrected chi connectivity index (χ2v) is 10.4. The lowest BCUT2D eigenvalue weighted by Crippen LogP contribution is -2.55. The van der Waals surface area contributed by atoms with E-state index in [1.54, 1.807) is 4.90 Å². The molecule has 1 amide bonds. The normalized spacial score (nSPS) is 21.9. The molecular formula is C23H32ClFN6O3. The van der Waals surface area contributed by atoms with E-state index in [1.165, 1.54) is 6.07 Å². The molecule has 0 aromatic carbocycles. The molecule has 2 aliphatic rings. The summed E-state index contributed by atoms with van der Waals surface area (Å²) in [5, 5.41) is 0.200. The maximum Gasteiger partial charge on any atom is 0.410 e. The third-order valence-corrected chi connectivity index (χ3v) is 6.45. The van der Waals surface area contributed by atoms with Gasteiger partial charge in [-0.1, -0.05) is 11.6 Å². The van der Waals surface area contributed by atoms with Gasteiger partial charge in [0.25, 0.3) is 0 Å². The fourth-order valence-electron chi connectivity index (χ4n) is 4.38. The molecule has 2 fully saturated rings. The summed E-state index contributed by atoms with van der Waals surface area (Å²) in [5.74, 6) is -0.125. The Hall–Kier alpha value is -2.46. The van der Waals surface area contributed by atoms with Crippen LogP contribution in [-0.4, -0.2) is 88.4 Å². The highest BCUT2D eigenvalue weighted by Gasteiger charge is 2.32. The van der Waals surface area contributed by atoms with Crippen molar-refractivity contribution in [3.63, 3.8) is 0 Å². The summed E-state index contributed by atoms with van der Waals surface area (Å²) in [6.45, 7) is 10.4. The molecule has 4 heterocycles. The number of amides is 1. The van der Waals surface area contributed by atoms with E-state index < -0.39 is 11.4 Å². The Balaban J connectivity index is 1.60. The number of likely N-dealkylation sites (N-methyl/N-ethyl adjacent to an activating group) is 1. The number of carbonyl (C=O) groups excluding carboxylic acids is 1. The van der Waals surface area contributed by atoms with Gasteiger partial charge in [-0.25, -0.2) is 14.2 Å². The Morgan fingerprint density at radius 3 is 2.65 bits per heavy atom. The molecule has 34 heavy (non-hydrogen) atoms. The van der Waals surface area contributed by atoms with Gasteiger partial charge in [-0.2, -0.15) is 9.97 Å². The van der Waals surface area contributed by atoms with E-state index in [0.717, 1.165) is 19.4 Å². The van der Waals surface area contributed by atoms with E-state index in [2.05, 4.69) is 26.9 Å². The summed E-state index contributed by atoms with van der Waals surface area (Å²) in [6.07, 6.45) is 1.83. The molecule has 0 radical (unpaired) electrons. The Morgan fingerprint density at radius 2 is 2.00 bits per heavy atom. The summed E-state index contributed by atoms with van der Waals surface area (Å²) < 4.78 is 25.8. The van der Waals surface area contributed by atoms with E-state index in [-0.39, 0.29) is 28.9 Å². The predicted molar refractivity (Wildman–Crippen MR) is 128 cm³/mol. The van der Waals surface area contributed by atoms with Crippen LogP contribution in [0, 0.1) is 5.82 Å². The Bertz CT molecular complexity index is 1070. The second-order valence-electron chi connectivity index (χ2n) is 10.0. The molecule has 186 valence electrons. The Labute approximate surface area is 204 Å². The maximum absolute atomic E-state index is 14.3. The third-order valence-electron chi connectivity index (χ3n) is 6.18. The van der Waals surface area contributed by atoms with Crippen LogP contribution in [0.4, 0.5) is 15.0 Å². The molecule has 11 heteroatoms. The van der Waals surface area contributed by atoms with Gasteiger partial charge in [-0.15, -0.1) is 0 Å². The van der Waals surface area contributed by atoms with Crippen LogP contribution in [0.1, 0.15) is 40.5 Å². The van der Waals surface area contributed by atoms with Crippen LogP contribution in [0.2, 0.25) is 5.15 Å². The molecule has 2 aromatic rings. The van der Waals surface area contributed by atoms with Gasteiger partial charge in [0.1, 0.15) is 18.0 Å². The van der Waals surface area contributed by atoms with Crippen LogP contribution in [0.5, 0.6) is 6.01 Å². The summed E-state index contributed by atoms with van der Waals surface area (Å²) in [6, 6.07) is 1.68. The Morgan fingerprint density at radius 1 is 1.24 bits per heavy atom. The molecule has 4 rings (SSSR count). The number of nitrogens with zero attached hydrogens (tertiary/aromatic N) is 6. The van der Waals surface area contributed by atoms with Crippen LogP contribution in [0.3, 0.4) is 0 Å². The standard InChI is InChI=1S/C23H32ClFN6O3/c1-14-12-30(22(32)34-23(2,3)4)9-10-31(14)20-16-11-17(25)18(24)26-19(16)27-21(28-20)33-13-15-7-6-8-29(15)5/h11,14-15H,6-10,12-13H2,1-5H3. The van der Waals surface area contributed by atoms with Crippen molar-refractivity contribution in [3.8, 4) is 6.01 Å². The number of anilines is 1. The highest BCUT2D eigenvalue weighted by atomic mass is 35.5. The van der Waals surface area contributed by atoms with Crippen LogP contribution in [0.15, 0.2) is 6.07 Å². The molecule has 0 aliphatic carbocycles. The smallest absolute Gasteiger partial charge is 0.410 e. The van der Waals surface area contributed by atoms with Crippen molar-refractivity contribution < 1.29 is 18.7 Å². The topological polar surface area (TPSA) is 83.9 Å². The highest BCUT2D eigenvalue weighted by Crippen LogP contribution is 2.31. The molecule has 9 nitrogen and oxygen atoms in total. The summed E-state index contributed by atoms with van der Waals surface area (Å²) in [7, 11) is 2.07. The van der Waals surface area contributed by atoms with Gasteiger partial charge < -0.3 is 24.2 Å². The zero-order valence-corrected chi connectivity index (χ0v) is 21.1. The molecule has 2 unspecified atom stereocenters. The van der Waals surface area contributed by atoms with Crippen molar-refractivity contribution in [2.24, 2.45) is 0 Å². The lowest BCUT2D eigenvalue weighted by Gasteiger charge is -2.41. The summed E-state index contributed by atoms with van der Waals surface area (Å²) in [4.78, 5) is 31.7. The van der Waals surface area contributed by atoms with Crippen LogP contribution in [0.25, 0.3) is 11.0 Å². The number of carbonyl (C=O) groups is 1. The first-order valence-corrected chi connectivity index (χ1v) is 12.0. The van der Waals surface area contributed by atoms with Gasteiger partial charge in [0.15, 0.2) is 16.6 Å². The van der Waals surface area contributed by atoms with Crippen molar-refractivity contribution in [2.75, 3.05) is 44.7 Å². The van der Waals surface area contributed by atoms with Gasteiger partial charge in [-0.3, -0.25) is 0 Å². The van der Waals surface area contributed by atoms with Gasteiger partial charge in [-0.05, 0) is 60.2 Å². The minimum Gasteiger partial charge on any atom is -0.462 e. The molecular weight excluding hydrogens is 463 g/mol. The minimum absolute atomic E-state index is 0.105. The van der Waals surface area contributed by atoms with Crippen LogP contribution >= 0.6 is 11.6 Å². The molecule has 2 atom stereocenters. The lowest BCUT2D eigenvalue weighted by atomic mass is 10.1. The number of ether oxygens (including phenoxy) is 2. The van der Waals surface area contributed by atoms with Crippen molar-refractivity contribution in [3.05, 3.63) is 17.0 Å². The van der Waals surface area contributed by atoms with Crippen LogP contribution in [-0.2, 0) is 4.74 Å². The van der Waals surface area contributed by atoms with E-state index in [4.69, 9.17) is 21.1 Å². The zero-order valence-electron chi connectivity index (χ0n) is 20.3. The SMILES string of the molecule is CC1CN(C(=O)OC(C)(C)C)CCN1c1nc(OCC2CCCN2C)nc2nc(Cl)c(F)cc12. The van der Waals surface area contributed by atoms with E-state index in [1.807, 2.05) is 32.6 Å². The molecule has 2 aliphatic heterocycles. The quantitative estimate of drug-likeness (QED) is 0.594. The number of aromatic nitrogens is 3. The number of pyridine rings is 1. The second kappa shape index (κ2) is 9.65. The van der Waals surface area contributed by atoms with Gasteiger partial charge >= 0.3 is 12.1 Å².